The fourth-order valence-corrected chi connectivity index (χ4v) is 3.67. The summed E-state index contributed by atoms with van der Waals surface area (Å²) in [4.78, 5) is 25.1. The molecule has 0 atom stereocenters. The maximum absolute atomic E-state index is 13.3. The van der Waals surface area contributed by atoms with E-state index in [1.165, 1.54) is 30.7 Å². The van der Waals surface area contributed by atoms with Crippen molar-refractivity contribution in [3.63, 3.8) is 0 Å². The normalized spacial score (nSPS) is 11.5. The number of benzene rings is 2. The number of aromatic nitrogens is 1. The number of methoxy groups -OCH3 is 1. The number of hydrogen-bond acceptors (Lipinski definition) is 5. The molecule has 1 heterocycles. The summed E-state index contributed by atoms with van der Waals surface area (Å²) in [7, 11) is 1.53. The van der Waals surface area contributed by atoms with Gasteiger partial charge in [0, 0.05) is 18.1 Å². The number of halogens is 3. The average molecular weight is 449 g/mol. The molecule has 0 spiro atoms. The minimum atomic E-state index is -4.83. The lowest BCUT2D eigenvalue weighted by Gasteiger charge is -2.12. The molecule has 0 aliphatic rings. The second-order valence-electron chi connectivity index (χ2n) is 7.11. The van der Waals surface area contributed by atoms with Crippen molar-refractivity contribution < 1.29 is 37.0 Å². The Kier molecular flexibility index (Phi) is 6.47. The molecule has 0 fully saturated rings. The van der Waals surface area contributed by atoms with Gasteiger partial charge in [0.15, 0.2) is 5.75 Å². The molecule has 0 N–H and O–H groups in total. The quantitative estimate of drug-likeness (QED) is 0.470. The lowest BCUT2D eigenvalue weighted by Crippen LogP contribution is -2.17. The van der Waals surface area contributed by atoms with Crippen LogP contribution in [0.4, 0.5) is 13.2 Å². The van der Waals surface area contributed by atoms with Gasteiger partial charge in [-0.25, -0.2) is 0 Å². The number of ether oxygens (including phenoxy) is 3. The minimum Gasteiger partial charge on any atom is -0.496 e. The first-order chi connectivity index (χ1) is 15.1. The van der Waals surface area contributed by atoms with Gasteiger partial charge in [0.2, 0.25) is 0 Å². The topological polar surface area (TPSA) is 66.8 Å². The standard InChI is InChI=1S/C23H22F3NO5/c1-5-6-17-19(30-4)12-11-18-20(17)21(31-14(3)28)13(2)27(18)22(29)15-7-9-16(10-8-15)32-23(24,25)26/h7-12H,5-6H2,1-4H3. The molecular weight excluding hydrogens is 427 g/mol. The van der Waals surface area contributed by atoms with Gasteiger partial charge in [-0.3, -0.25) is 14.2 Å². The van der Waals surface area contributed by atoms with E-state index in [0.717, 1.165) is 24.1 Å². The third-order valence-electron chi connectivity index (χ3n) is 4.88. The third kappa shape index (κ3) is 4.56. The lowest BCUT2D eigenvalue weighted by molar-refractivity contribution is -0.274. The Labute approximate surface area is 182 Å². The van der Waals surface area contributed by atoms with Crippen LogP contribution in [0.5, 0.6) is 17.2 Å². The zero-order valence-corrected chi connectivity index (χ0v) is 18.0. The molecule has 6 nitrogen and oxygen atoms in total. The molecule has 0 saturated heterocycles. The highest BCUT2D eigenvalue weighted by Crippen LogP contribution is 2.40. The van der Waals surface area contributed by atoms with E-state index < -0.39 is 24.0 Å². The average Bonchev–Trinajstić information content (AvgIpc) is 2.98. The summed E-state index contributed by atoms with van der Waals surface area (Å²) >= 11 is 0. The monoisotopic (exact) mass is 449 g/mol. The van der Waals surface area contributed by atoms with Crippen molar-refractivity contribution in [1.29, 1.82) is 0 Å². The van der Waals surface area contributed by atoms with Crippen LogP contribution in [-0.2, 0) is 11.2 Å². The number of aryl methyl sites for hydroxylation is 1. The van der Waals surface area contributed by atoms with Gasteiger partial charge in [-0.15, -0.1) is 13.2 Å². The Bertz CT molecular complexity index is 1160. The molecule has 0 bridgehead atoms. The van der Waals surface area contributed by atoms with E-state index in [2.05, 4.69) is 4.74 Å². The van der Waals surface area contributed by atoms with E-state index in [4.69, 9.17) is 9.47 Å². The van der Waals surface area contributed by atoms with Crippen LogP contribution in [0.2, 0.25) is 0 Å². The Hall–Kier alpha value is -3.49. The van der Waals surface area contributed by atoms with Crippen LogP contribution in [-0.4, -0.2) is 29.9 Å². The number of carbonyl (C=O) groups is 2. The SMILES string of the molecule is CCCc1c(OC)ccc2c1c(OC(C)=O)c(C)n2C(=O)c1ccc(OC(F)(F)F)cc1. The van der Waals surface area contributed by atoms with Crippen LogP contribution < -0.4 is 14.2 Å². The number of esters is 1. The van der Waals surface area contributed by atoms with E-state index in [0.29, 0.717) is 28.8 Å². The predicted molar refractivity (Wildman–Crippen MR) is 111 cm³/mol. The first-order valence-corrected chi connectivity index (χ1v) is 9.87. The smallest absolute Gasteiger partial charge is 0.496 e. The number of nitrogens with zero attached hydrogens (tertiary/aromatic N) is 1. The first kappa shape index (κ1) is 23.2. The van der Waals surface area contributed by atoms with E-state index in [-0.39, 0.29) is 11.3 Å². The molecule has 0 aliphatic carbocycles. The molecule has 1 aromatic heterocycles. The van der Waals surface area contributed by atoms with Crippen molar-refractivity contribution in [3.05, 3.63) is 53.2 Å². The summed E-state index contributed by atoms with van der Waals surface area (Å²) in [6.45, 7) is 4.90. The molecule has 3 rings (SSSR count). The van der Waals surface area contributed by atoms with Gasteiger partial charge in [0.1, 0.15) is 11.5 Å². The van der Waals surface area contributed by atoms with Gasteiger partial charge < -0.3 is 14.2 Å². The van der Waals surface area contributed by atoms with Crippen molar-refractivity contribution in [3.8, 4) is 17.2 Å². The van der Waals surface area contributed by atoms with Crippen molar-refractivity contribution >= 4 is 22.8 Å². The van der Waals surface area contributed by atoms with Gasteiger partial charge >= 0.3 is 12.3 Å². The van der Waals surface area contributed by atoms with Gasteiger partial charge in [0.05, 0.1) is 23.7 Å². The molecule has 2 aromatic carbocycles. The summed E-state index contributed by atoms with van der Waals surface area (Å²) in [5, 5.41) is 0.587. The molecule has 3 aromatic rings. The van der Waals surface area contributed by atoms with Crippen molar-refractivity contribution in [2.45, 2.75) is 40.0 Å². The molecule has 0 radical (unpaired) electrons. The zero-order valence-electron chi connectivity index (χ0n) is 18.0. The second kappa shape index (κ2) is 8.94. The molecular formula is C23H22F3NO5. The van der Waals surface area contributed by atoms with E-state index in [9.17, 15) is 22.8 Å². The van der Waals surface area contributed by atoms with Crippen LogP contribution >= 0.6 is 0 Å². The van der Waals surface area contributed by atoms with E-state index in [1.807, 2.05) is 6.92 Å². The molecule has 32 heavy (non-hydrogen) atoms. The van der Waals surface area contributed by atoms with E-state index >= 15 is 0 Å². The summed E-state index contributed by atoms with van der Waals surface area (Å²) < 4.78 is 53.4. The molecule has 170 valence electrons. The van der Waals surface area contributed by atoms with Gasteiger partial charge in [-0.1, -0.05) is 13.3 Å². The van der Waals surface area contributed by atoms with Crippen molar-refractivity contribution in [2.24, 2.45) is 0 Å². The van der Waals surface area contributed by atoms with Crippen LogP contribution in [0.15, 0.2) is 36.4 Å². The number of hydrogen-bond donors (Lipinski definition) is 0. The Morgan fingerprint density at radius 2 is 1.72 bits per heavy atom. The first-order valence-electron chi connectivity index (χ1n) is 9.87. The predicted octanol–water partition coefficient (Wildman–Crippen LogP) is 5.42. The second-order valence-corrected chi connectivity index (χ2v) is 7.11. The van der Waals surface area contributed by atoms with Gasteiger partial charge in [-0.05, 0) is 49.7 Å². The van der Waals surface area contributed by atoms with Gasteiger partial charge in [-0.2, -0.15) is 0 Å². The molecule has 9 heteroatoms. The Balaban J connectivity index is 2.18. The number of rotatable bonds is 6. The Morgan fingerprint density at radius 1 is 1.06 bits per heavy atom. The summed E-state index contributed by atoms with van der Waals surface area (Å²) in [6.07, 6.45) is -3.42. The van der Waals surface area contributed by atoms with E-state index in [1.54, 1.807) is 19.1 Å². The van der Waals surface area contributed by atoms with Crippen molar-refractivity contribution in [1.82, 2.24) is 4.57 Å². The van der Waals surface area contributed by atoms with Crippen LogP contribution in [0, 0.1) is 6.92 Å². The summed E-state index contributed by atoms with van der Waals surface area (Å²) in [5.74, 6) is -0.611. The fraction of sp³-hybridized carbons (Fsp3) is 0.304. The number of alkyl halides is 3. The highest BCUT2D eigenvalue weighted by Gasteiger charge is 2.31. The zero-order chi connectivity index (χ0) is 23.6. The Morgan fingerprint density at radius 3 is 2.25 bits per heavy atom. The summed E-state index contributed by atoms with van der Waals surface area (Å²) in [6, 6.07) is 8.05. The minimum absolute atomic E-state index is 0.141. The van der Waals surface area contributed by atoms with Crippen LogP contribution in [0.1, 0.15) is 41.9 Å². The highest BCUT2D eigenvalue weighted by atomic mass is 19.4. The number of carbonyl (C=O) groups excluding carboxylic acids is 2. The van der Waals surface area contributed by atoms with Crippen LogP contribution in [0.3, 0.4) is 0 Å². The third-order valence-corrected chi connectivity index (χ3v) is 4.88. The molecule has 0 unspecified atom stereocenters. The largest absolute Gasteiger partial charge is 0.573 e. The highest BCUT2D eigenvalue weighted by molar-refractivity contribution is 6.07. The van der Waals surface area contributed by atoms with Gasteiger partial charge in [0.25, 0.3) is 5.91 Å². The van der Waals surface area contributed by atoms with Crippen LogP contribution in [0.25, 0.3) is 10.9 Å². The van der Waals surface area contributed by atoms with Crippen molar-refractivity contribution in [2.75, 3.05) is 7.11 Å². The molecule has 0 aliphatic heterocycles. The maximum atomic E-state index is 13.3. The molecule has 0 amide bonds. The maximum Gasteiger partial charge on any atom is 0.573 e. The molecule has 0 saturated carbocycles. The fourth-order valence-electron chi connectivity index (χ4n) is 3.67. The summed E-state index contributed by atoms with van der Waals surface area (Å²) in [5.41, 5.74) is 1.83. The number of fused-ring (bicyclic) bond motifs is 1. The lowest BCUT2D eigenvalue weighted by atomic mass is 10.0.